The van der Waals surface area contributed by atoms with Crippen LogP contribution in [0.3, 0.4) is 0 Å². The molecule has 0 saturated heterocycles. The highest BCUT2D eigenvalue weighted by molar-refractivity contribution is 5.07. The average Bonchev–Trinajstić information content (AvgIpc) is 2.44. The third kappa shape index (κ3) is 2.18. The molecule has 108 valence electrons. The lowest BCUT2D eigenvalue weighted by molar-refractivity contribution is -0.717. The van der Waals surface area contributed by atoms with E-state index in [4.69, 9.17) is 0 Å². The van der Waals surface area contributed by atoms with Gasteiger partial charge < -0.3 is 5.32 Å². The van der Waals surface area contributed by atoms with E-state index >= 15 is 0 Å². The van der Waals surface area contributed by atoms with Gasteiger partial charge in [-0.1, -0.05) is 6.07 Å². The monoisotopic (exact) mass is 271 g/mol. The van der Waals surface area contributed by atoms with E-state index in [1.54, 1.807) is 19.3 Å². The van der Waals surface area contributed by atoms with E-state index in [1.807, 2.05) is 12.4 Å². The lowest BCUT2D eigenvalue weighted by atomic mass is 9.48. The van der Waals surface area contributed by atoms with Crippen LogP contribution in [0.1, 0.15) is 51.0 Å². The van der Waals surface area contributed by atoms with Crippen molar-refractivity contribution in [1.82, 2.24) is 4.98 Å². The van der Waals surface area contributed by atoms with Crippen molar-refractivity contribution >= 4 is 0 Å². The summed E-state index contributed by atoms with van der Waals surface area (Å²) in [6.07, 6.45) is 13.1. The fourth-order valence-electron chi connectivity index (χ4n) is 5.82. The van der Waals surface area contributed by atoms with Crippen LogP contribution >= 0.6 is 0 Å². The van der Waals surface area contributed by atoms with Crippen LogP contribution in [-0.4, -0.2) is 11.0 Å². The summed E-state index contributed by atoms with van der Waals surface area (Å²) >= 11 is 0. The minimum absolute atomic E-state index is 0.664. The van der Waals surface area contributed by atoms with Crippen LogP contribution in [0.15, 0.2) is 24.5 Å². The van der Waals surface area contributed by atoms with Gasteiger partial charge in [-0.05, 0) is 69.3 Å². The second kappa shape index (κ2) is 4.84. The van der Waals surface area contributed by atoms with Gasteiger partial charge >= 0.3 is 0 Å². The van der Waals surface area contributed by atoms with Crippen molar-refractivity contribution in [2.24, 2.45) is 23.2 Å². The van der Waals surface area contributed by atoms with Crippen molar-refractivity contribution in [3.05, 3.63) is 30.1 Å². The van der Waals surface area contributed by atoms with Crippen molar-refractivity contribution in [3.8, 4) is 0 Å². The van der Waals surface area contributed by atoms with E-state index in [2.05, 4.69) is 29.4 Å². The maximum absolute atomic E-state index is 4.23. The van der Waals surface area contributed by atoms with Crippen molar-refractivity contribution < 1.29 is 5.32 Å². The molecule has 4 bridgehead atoms. The van der Waals surface area contributed by atoms with E-state index in [9.17, 15) is 0 Å². The van der Waals surface area contributed by atoms with Gasteiger partial charge in [-0.15, -0.1) is 0 Å². The Kier molecular flexibility index (Phi) is 3.10. The topological polar surface area (TPSA) is 29.5 Å². The molecular weight excluding hydrogens is 244 g/mol. The summed E-state index contributed by atoms with van der Waals surface area (Å²) in [6.45, 7) is 3.58. The number of hydrogen-bond donors (Lipinski definition) is 1. The molecule has 4 aliphatic carbocycles. The molecule has 0 spiro atoms. The molecule has 0 amide bonds. The summed E-state index contributed by atoms with van der Waals surface area (Å²) in [6, 6.07) is 5.03. The average molecular weight is 271 g/mol. The summed E-state index contributed by atoms with van der Waals surface area (Å²) < 4.78 is 0. The maximum Gasteiger partial charge on any atom is 0.103 e. The Hall–Kier alpha value is -0.890. The first kappa shape index (κ1) is 12.8. The fraction of sp³-hybridized carbons (Fsp3) is 0.722. The molecule has 2 N–H and O–H groups in total. The normalized spacial score (nSPS) is 40.0. The fourth-order valence-corrected chi connectivity index (χ4v) is 5.82. The summed E-state index contributed by atoms with van der Waals surface area (Å²) in [7, 11) is 0. The van der Waals surface area contributed by atoms with E-state index < -0.39 is 0 Å². The van der Waals surface area contributed by atoms with Gasteiger partial charge in [0, 0.05) is 23.4 Å². The molecule has 0 aliphatic heterocycles. The first-order valence-corrected chi connectivity index (χ1v) is 8.46. The Morgan fingerprint density at radius 1 is 1.20 bits per heavy atom. The number of nitrogens with zero attached hydrogens (tertiary/aromatic N) is 1. The Morgan fingerprint density at radius 3 is 2.40 bits per heavy atom. The second-order valence-corrected chi connectivity index (χ2v) is 7.87. The maximum atomic E-state index is 4.23. The number of pyridine rings is 1. The zero-order valence-electron chi connectivity index (χ0n) is 12.6. The Labute approximate surface area is 122 Å². The third-order valence-electron chi connectivity index (χ3n) is 6.48. The molecule has 20 heavy (non-hydrogen) atoms. The SMILES string of the molecule is C[C@H]([NH2+]Cc1cccnc1)C12CC3CC(CC(C3)C1)C2. The molecule has 1 atom stereocenters. The first-order chi connectivity index (χ1) is 9.73. The van der Waals surface area contributed by atoms with Crippen LogP contribution < -0.4 is 5.32 Å². The number of hydrogen-bond acceptors (Lipinski definition) is 1. The predicted octanol–water partition coefficient (Wildman–Crippen LogP) is 2.75. The van der Waals surface area contributed by atoms with Gasteiger partial charge in [-0.3, -0.25) is 4.98 Å². The molecule has 1 heterocycles. The minimum atomic E-state index is 0.664. The number of aromatic nitrogens is 1. The summed E-state index contributed by atoms with van der Waals surface area (Å²) in [5.41, 5.74) is 2.03. The van der Waals surface area contributed by atoms with E-state index in [1.165, 1.54) is 24.8 Å². The summed E-state index contributed by atoms with van der Waals surface area (Å²) in [4.78, 5) is 4.23. The van der Waals surface area contributed by atoms with E-state index in [0.717, 1.165) is 30.3 Å². The zero-order chi connectivity index (χ0) is 13.6. The lowest BCUT2D eigenvalue weighted by Crippen LogP contribution is -2.91. The highest BCUT2D eigenvalue weighted by atomic mass is 14.9. The molecule has 1 aromatic heterocycles. The zero-order valence-corrected chi connectivity index (χ0v) is 12.6. The van der Waals surface area contributed by atoms with Crippen molar-refractivity contribution in [1.29, 1.82) is 0 Å². The largest absolute Gasteiger partial charge is 0.340 e. The lowest BCUT2D eigenvalue weighted by Gasteiger charge is -2.57. The summed E-state index contributed by atoms with van der Waals surface area (Å²) in [5.74, 6) is 3.20. The number of rotatable bonds is 4. The van der Waals surface area contributed by atoms with Gasteiger partial charge in [0.1, 0.15) is 6.54 Å². The molecule has 4 saturated carbocycles. The van der Waals surface area contributed by atoms with Gasteiger partial charge in [0.2, 0.25) is 0 Å². The van der Waals surface area contributed by atoms with Gasteiger partial charge in [0.05, 0.1) is 6.04 Å². The molecule has 4 fully saturated rings. The molecule has 0 unspecified atom stereocenters. The predicted molar refractivity (Wildman–Crippen MR) is 79.9 cm³/mol. The van der Waals surface area contributed by atoms with Crippen molar-refractivity contribution in [3.63, 3.8) is 0 Å². The van der Waals surface area contributed by atoms with Crippen LogP contribution in [0.25, 0.3) is 0 Å². The number of quaternary nitrogens is 1. The molecule has 5 rings (SSSR count). The minimum Gasteiger partial charge on any atom is -0.340 e. The molecule has 2 nitrogen and oxygen atoms in total. The Morgan fingerprint density at radius 2 is 1.85 bits per heavy atom. The highest BCUT2D eigenvalue weighted by Gasteiger charge is 2.54. The first-order valence-electron chi connectivity index (χ1n) is 8.46. The molecule has 1 aromatic rings. The summed E-state index contributed by atoms with van der Waals surface area (Å²) in [5, 5.41) is 2.59. The van der Waals surface area contributed by atoms with E-state index in [0.29, 0.717) is 5.41 Å². The van der Waals surface area contributed by atoms with E-state index in [-0.39, 0.29) is 0 Å². The molecule has 4 aliphatic rings. The van der Waals surface area contributed by atoms with Crippen molar-refractivity contribution in [2.75, 3.05) is 0 Å². The molecule has 0 radical (unpaired) electrons. The van der Waals surface area contributed by atoms with Gasteiger partial charge in [-0.25, -0.2) is 0 Å². The molecule has 0 aromatic carbocycles. The van der Waals surface area contributed by atoms with Crippen LogP contribution in [0.5, 0.6) is 0 Å². The van der Waals surface area contributed by atoms with Crippen LogP contribution in [0.4, 0.5) is 0 Å². The van der Waals surface area contributed by atoms with Gasteiger partial charge in [-0.2, -0.15) is 0 Å². The molecular formula is C18H27N2+. The second-order valence-electron chi connectivity index (χ2n) is 7.87. The van der Waals surface area contributed by atoms with Crippen LogP contribution in [0.2, 0.25) is 0 Å². The third-order valence-corrected chi connectivity index (χ3v) is 6.48. The number of nitrogens with two attached hydrogens (primary N) is 1. The van der Waals surface area contributed by atoms with Gasteiger partial charge in [0.25, 0.3) is 0 Å². The van der Waals surface area contributed by atoms with Crippen molar-refractivity contribution in [2.45, 2.75) is 58.0 Å². The molecule has 2 heteroatoms. The quantitative estimate of drug-likeness (QED) is 0.896. The van der Waals surface area contributed by atoms with Crippen LogP contribution in [0, 0.1) is 23.2 Å². The standard InChI is InChI=1S/C18H26N2/c1-13(20-12-14-3-2-4-19-11-14)18-8-15-5-16(9-18)7-17(6-15)10-18/h2-4,11,13,15-17,20H,5-10,12H2,1H3/p+1/t13-,15?,16?,17?,18?/m0/s1. The smallest absolute Gasteiger partial charge is 0.103 e. The van der Waals surface area contributed by atoms with Crippen LogP contribution in [-0.2, 0) is 6.54 Å². The highest BCUT2D eigenvalue weighted by Crippen LogP contribution is 2.60. The Bertz CT molecular complexity index is 432. The Balaban J connectivity index is 1.44. The van der Waals surface area contributed by atoms with Gasteiger partial charge in [0.15, 0.2) is 0 Å².